The van der Waals surface area contributed by atoms with Crippen molar-refractivity contribution in [3.63, 3.8) is 0 Å². The highest BCUT2D eigenvalue weighted by atomic mass is 32.1. The first-order valence-corrected chi connectivity index (χ1v) is 5.16. The van der Waals surface area contributed by atoms with E-state index in [1.54, 1.807) is 18.5 Å². The second kappa shape index (κ2) is 3.78. The minimum atomic E-state index is -0.985. The van der Waals surface area contributed by atoms with Gasteiger partial charge >= 0.3 is 5.97 Å². The molecule has 1 N–H and O–H groups in total. The second-order valence-corrected chi connectivity index (χ2v) is 3.87. The summed E-state index contributed by atoms with van der Waals surface area (Å²) >= 11 is 1.45. The summed E-state index contributed by atoms with van der Waals surface area (Å²) in [7, 11) is 0. The molecule has 1 aliphatic rings. The topological polar surface area (TPSA) is 62.5 Å². The van der Waals surface area contributed by atoms with Gasteiger partial charge in [-0.25, -0.2) is 9.78 Å². The van der Waals surface area contributed by atoms with Crippen molar-refractivity contribution in [2.75, 3.05) is 0 Å². The van der Waals surface area contributed by atoms with Crippen molar-refractivity contribution < 1.29 is 9.90 Å². The number of hydrogen-bond acceptors (Lipinski definition) is 4. The largest absolute Gasteiger partial charge is 0.478 e. The van der Waals surface area contributed by atoms with Gasteiger partial charge in [-0.2, -0.15) is 0 Å². The minimum Gasteiger partial charge on any atom is -0.478 e. The molecule has 1 atom stereocenters. The fourth-order valence-corrected chi connectivity index (χ4v) is 2.06. The van der Waals surface area contributed by atoms with Gasteiger partial charge in [0.25, 0.3) is 0 Å². The quantitative estimate of drug-likeness (QED) is 0.787. The zero-order chi connectivity index (χ0) is 10.7. The number of carboxylic acid groups (broad SMARTS) is 1. The van der Waals surface area contributed by atoms with Crippen LogP contribution in [0.25, 0.3) is 0 Å². The predicted molar refractivity (Wildman–Crippen MR) is 58.2 cm³/mol. The van der Waals surface area contributed by atoms with Crippen LogP contribution in [0, 0.1) is 0 Å². The summed E-state index contributed by atoms with van der Waals surface area (Å²) in [6.45, 7) is 0. The summed E-state index contributed by atoms with van der Waals surface area (Å²) < 4.78 is 0. The number of aliphatic imine (C=N–C) groups is 1. The average molecular weight is 220 g/mol. The van der Waals surface area contributed by atoms with E-state index in [9.17, 15) is 4.79 Å². The lowest BCUT2D eigenvalue weighted by molar-refractivity contribution is -0.131. The molecule has 15 heavy (non-hydrogen) atoms. The Hall–Kier alpha value is -1.75. The Kier molecular flexibility index (Phi) is 2.47. The first-order valence-electron chi connectivity index (χ1n) is 4.28. The van der Waals surface area contributed by atoms with Gasteiger partial charge in [-0.1, -0.05) is 0 Å². The van der Waals surface area contributed by atoms with Gasteiger partial charge in [0.2, 0.25) is 0 Å². The summed E-state index contributed by atoms with van der Waals surface area (Å²) in [5.41, 5.74) is -0.716. The number of allylic oxidation sites excluding steroid dienone is 1. The lowest BCUT2D eigenvalue weighted by Crippen LogP contribution is -2.15. The van der Waals surface area contributed by atoms with Crippen molar-refractivity contribution in [3.8, 4) is 0 Å². The number of carboxylic acids is 1. The molecule has 5 heteroatoms. The molecule has 4 nitrogen and oxygen atoms in total. The maximum absolute atomic E-state index is 10.5. The predicted octanol–water partition coefficient (Wildman–Crippen LogP) is 1.62. The van der Waals surface area contributed by atoms with Crippen molar-refractivity contribution in [2.24, 2.45) is 4.99 Å². The van der Waals surface area contributed by atoms with Gasteiger partial charge < -0.3 is 5.11 Å². The molecule has 76 valence electrons. The highest BCUT2D eigenvalue weighted by Crippen LogP contribution is 2.32. The molecule has 1 aliphatic heterocycles. The molecule has 0 fully saturated rings. The Bertz CT molecular complexity index is 434. The van der Waals surface area contributed by atoms with E-state index in [0.29, 0.717) is 0 Å². The summed E-state index contributed by atoms with van der Waals surface area (Å²) in [4.78, 5) is 18.9. The molecular formula is C10H8N2O2S. The minimum absolute atomic E-state index is 0.716. The maximum atomic E-state index is 10.5. The molecule has 0 bridgehead atoms. The van der Waals surface area contributed by atoms with Gasteiger partial charge in [-0.3, -0.25) is 4.99 Å². The lowest BCUT2D eigenvalue weighted by atomic mass is 10.0. The third-order valence-electron chi connectivity index (χ3n) is 1.98. The molecule has 0 aromatic carbocycles. The molecule has 0 aliphatic carbocycles. The zero-order valence-electron chi connectivity index (χ0n) is 7.70. The lowest BCUT2D eigenvalue weighted by Gasteiger charge is -2.16. The summed E-state index contributed by atoms with van der Waals surface area (Å²) in [6.07, 6.45) is 9.56. The van der Waals surface area contributed by atoms with Crippen molar-refractivity contribution in [2.45, 2.75) is 5.54 Å². The number of aromatic nitrogens is 1. The third kappa shape index (κ3) is 1.87. The van der Waals surface area contributed by atoms with Crippen LogP contribution in [-0.2, 0) is 10.3 Å². The van der Waals surface area contributed by atoms with E-state index >= 15 is 0 Å². The maximum Gasteiger partial charge on any atom is 0.328 e. The monoisotopic (exact) mass is 220 g/mol. The van der Waals surface area contributed by atoms with Gasteiger partial charge in [-0.15, -0.1) is 11.3 Å². The summed E-state index contributed by atoms with van der Waals surface area (Å²) in [5, 5.41) is 11.2. The molecule has 0 amide bonds. The van der Waals surface area contributed by atoms with Crippen LogP contribution in [0.2, 0.25) is 0 Å². The molecule has 1 aromatic heterocycles. The summed E-state index contributed by atoms with van der Waals surface area (Å²) in [6, 6.07) is 0. The van der Waals surface area contributed by atoms with E-state index in [4.69, 9.17) is 5.11 Å². The number of rotatable bonds is 3. The standard InChI is InChI=1S/C10H8N2O2S/c13-8(14)2-4-10(3-1-5-12-10)9-11-6-7-15-9/h1-7H,(H,13,14). The second-order valence-electron chi connectivity index (χ2n) is 2.97. The molecule has 1 unspecified atom stereocenters. The van der Waals surface area contributed by atoms with Crippen LogP contribution >= 0.6 is 11.3 Å². The van der Waals surface area contributed by atoms with Gasteiger partial charge in [0.1, 0.15) is 10.5 Å². The summed E-state index contributed by atoms with van der Waals surface area (Å²) in [5.74, 6) is -0.985. The molecule has 1 aromatic rings. The van der Waals surface area contributed by atoms with Crippen LogP contribution in [0.4, 0.5) is 0 Å². The Morgan fingerprint density at radius 3 is 3.00 bits per heavy atom. The SMILES string of the molecule is O=C(O)C=CC1(c2nccs2)C=CC=N1. The number of hydrogen-bond donors (Lipinski definition) is 1. The Balaban J connectivity index is 2.39. The van der Waals surface area contributed by atoms with Crippen LogP contribution in [0.15, 0.2) is 40.9 Å². The Morgan fingerprint density at radius 1 is 1.60 bits per heavy atom. The Labute approximate surface area is 90.3 Å². The van der Waals surface area contributed by atoms with Gasteiger partial charge in [0.05, 0.1) is 0 Å². The molecule has 0 radical (unpaired) electrons. The Morgan fingerprint density at radius 2 is 2.47 bits per heavy atom. The highest BCUT2D eigenvalue weighted by molar-refractivity contribution is 7.09. The highest BCUT2D eigenvalue weighted by Gasteiger charge is 2.29. The van der Waals surface area contributed by atoms with Crippen LogP contribution < -0.4 is 0 Å². The van der Waals surface area contributed by atoms with Gasteiger partial charge in [0.15, 0.2) is 0 Å². The number of aliphatic carboxylic acids is 1. The average Bonchev–Trinajstić information content (AvgIpc) is 2.86. The molecule has 2 rings (SSSR count). The van der Waals surface area contributed by atoms with Crippen LogP contribution in [0.1, 0.15) is 5.01 Å². The van der Waals surface area contributed by atoms with Crippen LogP contribution in [-0.4, -0.2) is 22.3 Å². The van der Waals surface area contributed by atoms with Gasteiger partial charge in [-0.05, 0) is 18.2 Å². The van der Waals surface area contributed by atoms with Gasteiger partial charge in [0, 0.05) is 23.9 Å². The van der Waals surface area contributed by atoms with E-state index in [1.807, 2.05) is 11.5 Å². The van der Waals surface area contributed by atoms with E-state index in [1.165, 1.54) is 17.4 Å². The zero-order valence-corrected chi connectivity index (χ0v) is 8.52. The first-order chi connectivity index (χ1) is 7.23. The van der Waals surface area contributed by atoms with Crippen molar-refractivity contribution in [3.05, 3.63) is 40.9 Å². The van der Waals surface area contributed by atoms with Crippen molar-refractivity contribution in [1.29, 1.82) is 0 Å². The number of carbonyl (C=O) groups is 1. The number of nitrogens with zero attached hydrogens (tertiary/aromatic N) is 2. The van der Waals surface area contributed by atoms with E-state index in [2.05, 4.69) is 9.98 Å². The first kappa shape index (κ1) is 9.79. The van der Waals surface area contributed by atoms with Crippen LogP contribution in [0.5, 0.6) is 0 Å². The van der Waals surface area contributed by atoms with Crippen molar-refractivity contribution in [1.82, 2.24) is 4.98 Å². The smallest absolute Gasteiger partial charge is 0.328 e. The van der Waals surface area contributed by atoms with Crippen molar-refractivity contribution >= 4 is 23.5 Å². The fourth-order valence-electron chi connectivity index (χ4n) is 1.32. The molecule has 0 spiro atoms. The molecule has 0 saturated carbocycles. The van der Waals surface area contributed by atoms with E-state index < -0.39 is 11.5 Å². The molecule has 2 heterocycles. The van der Waals surface area contributed by atoms with Crippen LogP contribution in [0.3, 0.4) is 0 Å². The van der Waals surface area contributed by atoms with E-state index in [-0.39, 0.29) is 0 Å². The fraction of sp³-hybridized carbons (Fsp3) is 0.100. The van der Waals surface area contributed by atoms with E-state index in [0.717, 1.165) is 11.1 Å². The normalized spacial score (nSPS) is 24.0. The number of thiazole rings is 1. The molecular weight excluding hydrogens is 212 g/mol. The molecule has 0 saturated heterocycles. The third-order valence-corrected chi connectivity index (χ3v) is 2.89.